The van der Waals surface area contributed by atoms with Crippen molar-refractivity contribution >= 4 is 5.97 Å². The molecule has 0 amide bonds. The second-order valence-corrected chi connectivity index (χ2v) is 2.94. The minimum Gasteiger partial charge on any atom is -0.481 e. The second kappa shape index (κ2) is 6.89. The van der Waals surface area contributed by atoms with Gasteiger partial charge in [-0.2, -0.15) is 0 Å². The smallest absolute Gasteiger partial charge is 0.306 e. The van der Waals surface area contributed by atoms with Gasteiger partial charge in [0.25, 0.3) is 0 Å². The van der Waals surface area contributed by atoms with E-state index in [2.05, 4.69) is 6.08 Å². The van der Waals surface area contributed by atoms with E-state index in [9.17, 15) is 4.79 Å². The van der Waals surface area contributed by atoms with Gasteiger partial charge >= 0.3 is 5.97 Å². The number of hydrogen-bond donors (Lipinski definition) is 1. The van der Waals surface area contributed by atoms with Crippen LogP contribution >= 0.6 is 0 Å². The van der Waals surface area contributed by atoms with E-state index in [1.807, 2.05) is 19.9 Å². The van der Waals surface area contributed by atoms with E-state index in [0.717, 1.165) is 25.7 Å². The topological polar surface area (TPSA) is 37.3 Å². The Hall–Kier alpha value is -0.790. The highest BCUT2D eigenvalue weighted by Gasteiger charge is 2.13. The predicted octanol–water partition coefficient (Wildman–Crippen LogP) is 2.84. The fourth-order valence-corrected chi connectivity index (χ4v) is 1.15. The fourth-order valence-electron chi connectivity index (χ4n) is 1.15. The molecule has 0 fully saturated rings. The van der Waals surface area contributed by atoms with E-state index in [4.69, 9.17) is 5.11 Å². The zero-order valence-electron chi connectivity index (χ0n) is 7.92. The molecule has 0 saturated heterocycles. The van der Waals surface area contributed by atoms with Crippen LogP contribution in [0.1, 0.15) is 39.5 Å². The van der Waals surface area contributed by atoms with Crippen LogP contribution in [-0.4, -0.2) is 11.1 Å². The first-order valence-corrected chi connectivity index (χ1v) is 4.56. The summed E-state index contributed by atoms with van der Waals surface area (Å²) in [6, 6.07) is 0. The average Bonchev–Trinajstić information content (AvgIpc) is 2.04. The van der Waals surface area contributed by atoms with Gasteiger partial charge < -0.3 is 5.11 Å². The van der Waals surface area contributed by atoms with E-state index < -0.39 is 5.97 Å². The first-order chi connectivity index (χ1) is 5.72. The maximum atomic E-state index is 10.6. The molecule has 0 rings (SSSR count). The van der Waals surface area contributed by atoms with Crippen molar-refractivity contribution in [2.75, 3.05) is 0 Å². The van der Waals surface area contributed by atoms with Gasteiger partial charge in [0.2, 0.25) is 0 Å². The molecular weight excluding hydrogens is 152 g/mol. The fraction of sp³-hybridized carbons (Fsp3) is 0.700. The van der Waals surface area contributed by atoms with E-state index in [0.29, 0.717) is 0 Å². The van der Waals surface area contributed by atoms with Crippen molar-refractivity contribution in [2.45, 2.75) is 39.5 Å². The molecule has 0 radical (unpaired) electrons. The molecule has 0 spiro atoms. The maximum Gasteiger partial charge on any atom is 0.306 e. The average molecular weight is 170 g/mol. The van der Waals surface area contributed by atoms with Crippen LogP contribution in [0, 0.1) is 5.92 Å². The quantitative estimate of drug-likeness (QED) is 0.491. The lowest BCUT2D eigenvalue weighted by Crippen LogP contribution is -2.11. The third-order valence-corrected chi connectivity index (χ3v) is 2.00. The van der Waals surface area contributed by atoms with Crippen molar-refractivity contribution < 1.29 is 9.90 Å². The molecule has 1 N–H and O–H groups in total. The number of aliphatic carboxylic acids is 1. The number of carbonyl (C=O) groups is 1. The molecule has 1 unspecified atom stereocenters. The Labute approximate surface area is 74.3 Å². The van der Waals surface area contributed by atoms with Crippen LogP contribution in [0.5, 0.6) is 0 Å². The van der Waals surface area contributed by atoms with Gasteiger partial charge in [-0.25, -0.2) is 0 Å². The number of carboxylic acid groups (broad SMARTS) is 1. The molecule has 0 heterocycles. The summed E-state index contributed by atoms with van der Waals surface area (Å²) in [7, 11) is 0. The molecule has 0 aromatic carbocycles. The van der Waals surface area contributed by atoms with E-state index in [-0.39, 0.29) is 5.92 Å². The Kier molecular flexibility index (Phi) is 6.44. The number of allylic oxidation sites excluding steroid dienone is 2. The summed E-state index contributed by atoms with van der Waals surface area (Å²) in [6.45, 7) is 3.91. The first-order valence-electron chi connectivity index (χ1n) is 4.56. The van der Waals surface area contributed by atoms with Crippen molar-refractivity contribution in [3.63, 3.8) is 0 Å². The predicted molar refractivity (Wildman–Crippen MR) is 50.1 cm³/mol. The molecule has 0 aliphatic rings. The molecule has 0 aliphatic heterocycles. The number of unbranched alkanes of at least 4 members (excludes halogenated alkanes) is 1. The van der Waals surface area contributed by atoms with E-state index >= 15 is 0 Å². The number of hydrogen-bond acceptors (Lipinski definition) is 1. The first kappa shape index (κ1) is 11.2. The van der Waals surface area contributed by atoms with Crippen LogP contribution in [0.3, 0.4) is 0 Å². The summed E-state index contributed by atoms with van der Waals surface area (Å²) in [5, 5.41) is 8.71. The van der Waals surface area contributed by atoms with Crippen LogP contribution in [0.2, 0.25) is 0 Å². The zero-order chi connectivity index (χ0) is 9.40. The van der Waals surface area contributed by atoms with Crippen LogP contribution in [0.4, 0.5) is 0 Å². The van der Waals surface area contributed by atoms with Crippen molar-refractivity contribution in [3.05, 3.63) is 12.2 Å². The third-order valence-electron chi connectivity index (χ3n) is 2.00. The highest BCUT2D eigenvalue weighted by molar-refractivity contribution is 5.69. The van der Waals surface area contributed by atoms with Crippen molar-refractivity contribution in [2.24, 2.45) is 5.92 Å². The van der Waals surface area contributed by atoms with Crippen molar-refractivity contribution in [1.29, 1.82) is 0 Å². The van der Waals surface area contributed by atoms with Gasteiger partial charge in [-0.05, 0) is 32.6 Å². The molecule has 1 atom stereocenters. The Bertz CT molecular complexity index is 150. The Morgan fingerprint density at radius 2 is 2.25 bits per heavy atom. The van der Waals surface area contributed by atoms with Gasteiger partial charge in [-0.3, -0.25) is 4.79 Å². The minimum absolute atomic E-state index is 0.143. The molecule has 0 aromatic heterocycles. The normalized spacial score (nSPS) is 13.5. The molecule has 0 bridgehead atoms. The lowest BCUT2D eigenvalue weighted by atomic mass is 9.99. The number of rotatable bonds is 6. The largest absolute Gasteiger partial charge is 0.481 e. The van der Waals surface area contributed by atoms with Crippen LogP contribution < -0.4 is 0 Å². The summed E-state index contributed by atoms with van der Waals surface area (Å²) in [5.74, 6) is -0.798. The van der Waals surface area contributed by atoms with Crippen LogP contribution in [-0.2, 0) is 4.79 Å². The van der Waals surface area contributed by atoms with Gasteiger partial charge in [0.05, 0.1) is 5.92 Å². The summed E-state index contributed by atoms with van der Waals surface area (Å²) in [5.41, 5.74) is 0. The standard InChI is InChI=1S/C10H18O2/c1-3-5-6-7-8-9(4-2)10(11)12/h3,5,9H,4,6-8H2,1-2H3,(H,11,12)/b5-3-. The lowest BCUT2D eigenvalue weighted by Gasteiger charge is -2.07. The molecule has 2 nitrogen and oxygen atoms in total. The summed E-state index contributed by atoms with van der Waals surface area (Å²) in [4.78, 5) is 10.6. The number of carboxylic acids is 1. The molecule has 70 valence electrons. The van der Waals surface area contributed by atoms with Gasteiger partial charge in [-0.1, -0.05) is 19.1 Å². The van der Waals surface area contributed by atoms with Gasteiger partial charge in [0.1, 0.15) is 0 Å². The highest BCUT2D eigenvalue weighted by Crippen LogP contribution is 2.12. The van der Waals surface area contributed by atoms with Crippen LogP contribution in [0.15, 0.2) is 12.2 Å². The van der Waals surface area contributed by atoms with E-state index in [1.165, 1.54) is 0 Å². The summed E-state index contributed by atoms with van der Waals surface area (Å²) in [6.07, 6.45) is 7.60. The summed E-state index contributed by atoms with van der Waals surface area (Å²) < 4.78 is 0. The molecule has 0 saturated carbocycles. The van der Waals surface area contributed by atoms with Crippen molar-refractivity contribution in [3.8, 4) is 0 Å². The molecule has 12 heavy (non-hydrogen) atoms. The third kappa shape index (κ3) is 4.94. The minimum atomic E-state index is -0.655. The molecule has 0 aromatic rings. The van der Waals surface area contributed by atoms with Crippen LogP contribution in [0.25, 0.3) is 0 Å². The van der Waals surface area contributed by atoms with Gasteiger partial charge in [0.15, 0.2) is 0 Å². The van der Waals surface area contributed by atoms with E-state index in [1.54, 1.807) is 0 Å². The Morgan fingerprint density at radius 3 is 2.67 bits per heavy atom. The van der Waals surface area contributed by atoms with Crippen molar-refractivity contribution in [1.82, 2.24) is 0 Å². The molecular formula is C10H18O2. The zero-order valence-corrected chi connectivity index (χ0v) is 7.92. The van der Waals surface area contributed by atoms with Gasteiger partial charge in [0, 0.05) is 0 Å². The summed E-state index contributed by atoms with van der Waals surface area (Å²) >= 11 is 0. The lowest BCUT2D eigenvalue weighted by molar-refractivity contribution is -0.142. The monoisotopic (exact) mass is 170 g/mol. The SMILES string of the molecule is C/C=C\CCCC(CC)C(=O)O. The highest BCUT2D eigenvalue weighted by atomic mass is 16.4. The second-order valence-electron chi connectivity index (χ2n) is 2.94. The van der Waals surface area contributed by atoms with Gasteiger partial charge in [-0.15, -0.1) is 0 Å². The molecule has 0 aliphatic carbocycles. The Balaban J connectivity index is 3.51. The Morgan fingerprint density at radius 1 is 1.58 bits per heavy atom. The maximum absolute atomic E-state index is 10.6. The molecule has 2 heteroatoms.